The number of ether oxygens (including phenoxy) is 1. The Labute approximate surface area is 230 Å². The number of fused-ring (bicyclic) bond motifs is 1. The number of aromatic nitrogens is 2. The van der Waals surface area contributed by atoms with Crippen LogP contribution in [-0.4, -0.2) is 60.3 Å². The molecule has 1 saturated heterocycles. The third kappa shape index (κ3) is 7.03. The predicted octanol–water partition coefficient (Wildman–Crippen LogP) is 5.47. The molecule has 3 aromatic carbocycles. The number of imidazole rings is 1. The van der Waals surface area contributed by atoms with Crippen LogP contribution in [0.1, 0.15) is 36.0 Å². The van der Waals surface area contributed by atoms with Crippen LogP contribution in [0.15, 0.2) is 72.8 Å². The minimum Gasteiger partial charge on any atom is -0.469 e. The van der Waals surface area contributed by atoms with Crippen LogP contribution in [0.25, 0.3) is 11.0 Å². The average molecular weight is 529 g/mol. The molecule has 0 spiro atoms. The summed E-state index contributed by atoms with van der Waals surface area (Å²) in [6.45, 7) is 5.75. The van der Waals surface area contributed by atoms with E-state index in [2.05, 4.69) is 56.8 Å². The van der Waals surface area contributed by atoms with Crippen molar-refractivity contribution in [3.05, 3.63) is 95.3 Å². The molecule has 0 N–H and O–H groups in total. The van der Waals surface area contributed by atoms with E-state index in [4.69, 9.17) is 9.72 Å². The summed E-state index contributed by atoms with van der Waals surface area (Å²) in [4.78, 5) is 21.4. The van der Waals surface area contributed by atoms with Gasteiger partial charge in [0.2, 0.25) is 5.95 Å². The maximum atomic E-state index is 13.5. The minimum absolute atomic E-state index is 0.167. The van der Waals surface area contributed by atoms with Crippen molar-refractivity contribution in [1.29, 1.82) is 0 Å². The molecule has 0 atom stereocenters. The van der Waals surface area contributed by atoms with Crippen molar-refractivity contribution in [1.82, 2.24) is 14.5 Å². The molecule has 1 aromatic heterocycles. The topological polar surface area (TPSA) is 50.6 Å². The minimum atomic E-state index is -0.213. The maximum absolute atomic E-state index is 13.5. The molecule has 2 heterocycles. The fourth-order valence-electron chi connectivity index (χ4n) is 5.36. The number of nitrogens with zero attached hydrogens (tertiary/aromatic N) is 4. The van der Waals surface area contributed by atoms with Crippen LogP contribution in [0, 0.1) is 5.82 Å². The second kappa shape index (κ2) is 12.9. The number of esters is 1. The number of para-hydroxylation sites is 2. The van der Waals surface area contributed by atoms with Gasteiger partial charge in [0.25, 0.3) is 0 Å². The van der Waals surface area contributed by atoms with E-state index in [1.165, 1.54) is 30.4 Å². The Bertz CT molecular complexity index is 1360. The Hall–Kier alpha value is -3.71. The molecule has 0 amide bonds. The van der Waals surface area contributed by atoms with Crippen LogP contribution in [-0.2, 0) is 28.9 Å². The highest BCUT2D eigenvalue weighted by atomic mass is 19.1. The molecular weight excluding hydrogens is 491 g/mol. The van der Waals surface area contributed by atoms with Crippen LogP contribution >= 0.6 is 0 Å². The summed E-state index contributed by atoms with van der Waals surface area (Å²) >= 11 is 0. The Morgan fingerprint density at radius 2 is 1.49 bits per heavy atom. The highest BCUT2D eigenvalue weighted by molar-refractivity contribution is 5.79. The first-order valence-electron chi connectivity index (χ1n) is 13.9. The molecule has 4 aromatic rings. The number of halogens is 1. The molecular formula is C32H37FN4O2. The van der Waals surface area contributed by atoms with Gasteiger partial charge in [-0.1, -0.05) is 48.5 Å². The Morgan fingerprint density at radius 1 is 0.846 bits per heavy atom. The quantitative estimate of drug-likeness (QED) is 0.270. The molecule has 0 unspecified atom stereocenters. The molecule has 0 saturated carbocycles. The van der Waals surface area contributed by atoms with Gasteiger partial charge in [0.05, 0.1) is 24.7 Å². The van der Waals surface area contributed by atoms with Crippen LogP contribution < -0.4 is 4.90 Å². The van der Waals surface area contributed by atoms with E-state index in [9.17, 15) is 9.18 Å². The van der Waals surface area contributed by atoms with Gasteiger partial charge in [-0.05, 0) is 79.7 Å². The van der Waals surface area contributed by atoms with Gasteiger partial charge in [-0.15, -0.1) is 0 Å². The summed E-state index contributed by atoms with van der Waals surface area (Å²) < 4.78 is 20.5. The lowest BCUT2D eigenvalue weighted by Gasteiger charge is -2.31. The molecule has 1 aliphatic rings. The highest BCUT2D eigenvalue weighted by Gasteiger charge is 2.20. The van der Waals surface area contributed by atoms with E-state index < -0.39 is 0 Å². The van der Waals surface area contributed by atoms with Crippen LogP contribution in [0.5, 0.6) is 0 Å². The Kier molecular flexibility index (Phi) is 8.89. The van der Waals surface area contributed by atoms with E-state index >= 15 is 0 Å². The van der Waals surface area contributed by atoms with Crippen LogP contribution in [0.2, 0.25) is 0 Å². The molecule has 5 rings (SSSR count). The standard InChI is InChI=1S/C32H37FN4O2/c1-39-31(38)17-14-25-8-10-26(11-9-25)18-23-35-19-4-21-36(22-5-20-35)32-34-29-6-2-3-7-30(29)37(32)24-27-12-15-28(33)16-13-27/h2-3,6-13,15-16H,4-5,14,17-24H2,1H3. The molecule has 1 fully saturated rings. The Morgan fingerprint density at radius 3 is 2.18 bits per heavy atom. The van der Waals surface area contributed by atoms with Crippen molar-refractivity contribution in [3.63, 3.8) is 0 Å². The monoisotopic (exact) mass is 528 g/mol. The SMILES string of the molecule is COC(=O)CCc1ccc(CCN2CCCN(c3nc4ccccc4n3Cc3ccc(F)cc3)CCC2)cc1. The van der Waals surface area contributed by atoms with Crippen LogP contribution in [0.4, 0.5) is 10.3 Å². The van der Waals surface area contributed by atoms with Crippen molar-refractivity contribution in [2.75, 3.05) is 44.7 Å². The zero-order valence-corrected chi connectivity index (χ0v) is 22.7. The number of rotatable bonds is 9. The van der Waals surface area contributed by atoms with Gasteiger partial charge in [0.1, 0.15) is 5.82 Å². The second-order valence-electron chi connectivity index (χ2n) is 10.3. The number of aryl methyl sites for hydroxylation is 1. The first-order chi connectivity index (χ1) is 19.1. The number of hydrogen-bond acceptors (Lipinski definition) is 5. The van der Waals surface area contributed by atoms with Crippen LogP contribution in [0.3, 0.4) is 0 Å². The van der Waals surface area contributed by atoms with Gasteiger partial charge in [-0.3, -0.25) is 4.79 Å². The molecule has 1 aliphatic heterocycles. The summed E-state index contributed by atoms with van der Waals surface area (Å²) in [6, 6.07) is 23.7. The summed E-state index contributed by atoms with van der Waals surface area (Å²) in [6.07, 6.45) is 4.31. The third-order valence-corrected chi connectivity index (χ3v) is 7.56. The van der Waals surface area contributed by atoms with Crippen molar-refractivity contribution >= 4 is 23.0 Å². The summed E-state index contributed by atoms with van der Waals surface area (Å²) in [5, 5.41) is 0. The number of methoxy groups -OCH3 is 1. The normalized spacial score (nSPS) is 14.8. The van der Waals surface area contributed by atoms with Crippen molar-refractivity contribution in [2.45, 2.75) is 38.6 Å². The summed E-state index contributed by atoms with van der Waals surface area (Å²) in [5.41, 5.74) is 5.66. The smallest absolute Gasteiger partial charge is 0.305 e. The third-order valence-electron chi connectivity index (χ3n) is 7.56. The molecule has 204 valence electrons. The molecule has 0 radical (unpaired) electrons. The molecule has 0 aliphatic carbocycles. The number of carbonyl (C=O) groups excluding carboxylic acids is 1. The van der Waals surface area contributed by atoms with Gasteiger partial charge in [0, 0.05) is 26.1 Å². The first kappa shape index (κ1) is 26.9. The number of hydrogen-bond donors (Lipinski definition) is 0. The van der Waals surface area contributed by atoms with E-state index in [1.54, 1.807) is 0 Å². The second-order valence-corrected chi connectivity index (χ2v) is 10.3. The molecule has 0 bridgehead atoms. The van der Waals surface area contributed by atoms with Gasteiger partial charge in [0.15, 0.2) is 0 Å². The summed E-state index contributed by atoms with van der Waals surface area (Å²) in [7, 11) is 1.43. The van der Waals surface area contributed by atoms with Gasteiger partial charge >= 0.3 is 5.97 Å². The predicted molar refractivity (Wildman–Crippen MR) is 154 cm³/mol. The van der Waals surface area contributed by atoms with Crippen molar-refractivity contribution < 1.29 is 13.9 Å². The fourth-order valence-corrected chi connectivity index (χ4v) is 5.36. The zero-order chi connectivity index (χ0) is 27.0. The summed E-state index contributed by atoms with van der Waals surface area (Å²) in [5.74, 6) is 0.622. The lowest BCUT2D eigenvalue weighted by molar-refractivity contribution is -0.140. The molecule has 39 heavy (non-hydrogen) atoms. The van der Waals surface area contributed by atoms with Gasteiger partial charge < -0.3 is 19.1 Å². The van der Waals surface area contributed by atoms with Crippen molar-refractivity contribution in [2.24, 2.45) is 0 Å². The lowest BCUT2D eigenvalue weighted by atomic mass is 10.1. The number of anilines is 1. The van der Waals surface area contributed by atoms with Crippen molar-refractivity contribution in [3.8, 4) is 0 Å². The van der Waals surface area contributed by atoms with E-state index in [-0.39, 0.29) is 11.8 Å². The maximum Gasteiger partial charge on any atom is 0.305 e. The molecule has 6 nitrogen and oxygen atoms in total. The molecule has 7 heteroatoms. The van der Waals surface area contributed by atoms with Gasteiger partial charge in [-0.25, -0.2) is 9.37 Å². The Balaban J connectivity index is 1.18. The number of carbonyl (C=O) groups is 1. The van der Waals surface area contributed by atoms with E-state index in [0.717, 1.165) is 74.5 Å². The zero-order valence-electron chi connectivity index (χ0n) is 22.7. The highest BCUT2D eigenvalue weighted by Crippen LogP contribution is 2.25. The largest absolute Gasteiger partial charge is 0.469 e. The lowest BCUT2D eigenvalue weighted by Crippen LogP contribution is -2.38. The van der Waals surface area contributed by atoms with E-state index in [1.807, 2.05) is 18.2 Å². The number of benzene rings is 3. The average Bonchev–Trinajstić information content (AvgIpc) is 3.31. The fraction of sp³-hybridized carbons (Fsp3) is 0.375. The first-order valence-corrected chi connectivity index (χ1v) is 13.9. The van der Waals surface area contributed by atoms with E-state index in [0.29, 0.717) is 19.4 Å². The van der Waals surface area contributed by atoms with Gasteiger partial charge in [-0.2, -0.15) is 0 Å².